The van der Waals surface area contributed by atoms with E-state index in [9.17, 15) is 14.9 Å². The van der Waals surface area contributed by atoms with E-state index in [1.807, 2.05) is 0 Å². The lowest BCUT2D eigenvalue weighted by atomic mass is 10.2. The molecule has 10 nitrogen and oxygen atoms in total. The zero-order chi connectivity index (χ0) is 18.7. The van der Waals surface area contributed by atoms with Gasteiger partial charge in [-0.25, -0.2) is 9.67 Å². The van der Waals surface area contributed by atoms with E-state index in [2.05, 4.69) is 20.5 Å². The third kappa shape index (κ3) is 4.35. The van der Waals surface area contributed by atoms with Crippen LogP contribution in [-0.2, 0) is 17.9 Å². The third-order valence-electron chi connectivity index (χ3n) is 3.27. The highest BCUT2D eigenvalue weighted by Gasteiger charge is 2.13. The van der Waals surface area contributed by atoms with Crippen LogP contribution in [0.15, 0.2) is 36.9 Å². The van der Waals surface area contributed by atoms with Gasteiger partial charge in [-0.2, -0.15) is 5.10 Å². The van der Waals surface area contributed by atoms with E-state index >= 15 is 0 Å². The average molecular weight is 396 g/mol. The summed E-state index contributed by atoms with van der Waals surface area (Å²) >= 11 is 12.0. The molecule has 0 spiro atoms. The van der Waals surface area contributed by atoms with E-state index in [1.165, 1.54) is 11.0 Å². The molecular formula is C14H11Cl2N7O3. The lowest BCUT2D eigenvalue weighted by Gasteiger charge is -2.04. The van der Waals surface area contributed by atoms with Crippen molar-refractivity contribution in [3.63, 3.8) is 0 Å². The molecule has 2 aromatic heterocycles. The first-order valence-electron chi connectivity index (χ1n) is 7.21. The highest BCUT2D eigenvalue weighted by atomic mass is 35.5. The number of benzene rings is 1. The summed E-state index contributed by atoms with van der Waals surface area (Å²) in [6.07, 6.45) is 3.67. The zero-order valence-electron chi connectivity index (χ0n) is 13.0. The molecule has 0 aliphatic heterocycles. The number of amides is 1. The molecule has 0 fully saturated rings. The number of nitro groups is 1. The minimum Gasteiger partial charge on any atom is -0.292 e. The molecule has 3 rings (SSSR count). The van der Waals surface area contributed by atoms with E-state index in [0.29, 0.717) is 16.6 Å². The van der Waals surface area contributed by atoms with Crippen molar-refractivity contribution in [2.75, 3.05) is 5.32 Å². The van der Waals surface area contributed by atoms with Crippen molar-refractivity contribution in [3.8, 4) is 0 Å². The Morgan fingerprint density at radius 1 is 1.31 bits per heavy atom. The molecule has 0 aliphatic carbocycles. The molecule has 3 aromatic rings. The summed E-state index contributed by atoms with van der Waals surface area (Å²) in [7, 11) is 0. The summed E-state index contributed by atoms with van der Waals surface area (Å²) in [4.78, 5) is 25.9. The fraction of sp³-hybridized carbons (Fsp3) is 0.143. The molecule has 26 heavy (non-hydrogen) atoms. The Labute approximate surface area is 156 Å². The largest absolute Gasteiger partial charge is 0.307 e. The van der Waals surface area contributed by atoms with Gasteiger partial charge in [0.25, 0.3) is 0 Å². The topological polar surface area (TPSA) is 121 Å². The smallest absolute Gasteiger partial charge is 0.292 e. The van der Waals surface area contributed by atoms with Crippen LogP contribution >= 0.6 is 23.2 Å². The van der Waals surface area contributed by atoms with Crippen molar-refractivity contribution in [1.29, 1.82) is 0 Å². The molecule has 0 aliphatic rings. The highest BCUT2D eigenvalue weighted by molar-refractivity contribution is 6.35. The normalized spacial score (nSPS) is 10.7. The van der Waals surface area contributed by atoms with E-state index in [1.54, 1.807) is 18.2 Å². The third-order valence-corrected chi connectivity index (χ3v) is 3.86. The Bertz CT molecular complexity index is 969. The standard InChI is InChI=1S/C14H11Cl2N7O3/c15-10-2-1-9(12(16)3-10)5-22-8-17-14(20-22)19-13(24)7-21-6-11(4-18-21)23(25)26/h1-4,6,8H,5,7H2,(H,19,20,24). The van der Waals surface area contributed by atoms with Gasteiger partial charge in [-0.3, -0.25) is 24.9 Å². The maximum absolute atomic E-state index is 12.0. The molecule has 0 saturated heterocycles. The van der Waals surface area contributed by atoms with Gasteiger partial charge in [-0.05, 0) is 17.7 Å². The van der Waals surface area contributed by atoms with Gasteiger partial charge >= 0.3 is 5.69 Å². The zero-order valence-corrected chi connectivity index (χ0v) is 14.6. The summed E-state index contributed by atoms with van der Waals surface area (Å²) in [5.41, 5.74) is 0.600. The van der Waals surface area contributed by atoms with Gasteiger partial charge in [0.2, 0.25) is 11.9 Å². The first kappa shape index (κ1) is 17.8. The van der Waals surface area contributed by atoms with Gasteiger partial charge in [-0.1, -0.05) is 29.3 Å². The van der Waals surface area contributed by atoms with Crippen LogP contribution in [0.2, 0.25) is 10.0 Å². The molecule has 1 N–H and O–H groups in total. The Balaban J connectivity index is 1.60. The number of aromatic nitrogens is 5. The molecule has 1 aromatic carbocycles. The van der Waals surface area contributed by atoms with Gasteiger partial charge in [0.05, 0.1) is 11.5 Å². The van der Waals surface area contributed by atoms with Gasteiger partial charge in [0.1, 0.15) is 25.3 Å². The fourth-order valence-corrected chi connectivity index (χ4v) is 2.57. The first-order chi connectivity index (χ1) is 12.4. The molecular weight excluding hydrogens is 385 g/mol. The average Bonchev–Trinajstić information content (AvgIpc) is 3.20. The molecule has 1 amide bonds. The Kier molecular flexibility index (Phi) is 5.14. The van der Waals surface area contributed by atoms with Crippen LogP contribution in [0, 0.1) is 10.1 Å². The summed E-state index contributed by atoms with van der Waals surface area (Å²) in [6.45, 7) is 0.148. The maximum Gasteiger partial charge on any atom is 0.307 e. The number of halogens is 2. The van der Waals surface area contributed by atoms with Crippen LogP contribution in [0.25, 0.3) is 0 Å². The highest BCUT2D eigenvalue weighted by Crippen LogP contribution is 2.21. The molecule has 0 saturated carbocycles. The molecule has 134 valence electrons. The second kappa shape index (κ2) is 7.50. The quantitative estimate of drug-likeness (QED) is 0.505. The number of nitrogens with one attached hydrogen (secondary N) is 1. The molecule has 2 heterocycles. The van der Waals surface area contributed by atoms with E-state index < -0.39 is 10.8 Å². The summed E-state index contributed by atoms with van der Waals surface area (Å²) in [5, 5.41) is 22.0. The SMILES string of the molecule is O=C(Cn1cc([N+](=O)[O-])cn1)Nc1ncn(Cc2ccc(Cl)cc2Cl)n1. The monoisotopic (exact) mass is 395 g/mol. The molecule has 0 unspecified atom stereocenters. The number of nitrogens with zero attached hydrogens (tertiary/aromatic N) is 6. The molecule has 0 atom stereocenters. The van der Waals surface area contributed by atoms with E-state index in [4.69, 9.17) is 23.2 Å². The van der Waals surface area contributed by atoms with Gasteiger partial charge in [0.15, 0.2) is 0 Å². The van der Waals surface area contributed by atoms with Gasteiger partial charge < -0.3 is 0 Å². The predicted molar refractivity (Wildman–Crippen MR) is 93.1 cm³/mol. The van der Waals surface area contributed by atoms with Crippen molar-refractivity contribution in [2.45, 2.75) is 13.1 Å². The number of carbonyl (C=O) groups excluding carboxylic acids is 1. The van der Waals surface area contributed by atoms with Crippen molar-refractivity contribution in [3.05, 3.63) is 62.6 Å². The summed E-state index contributed by atoms with van der Waals surface area (Å²) in [6, 6.07) is 5.11. The Morgan fingerprint density at radius 3 is 2.81 bits per heavy atom. The molecule has 0 bridgehead atoms. The lowest BCUT2D eigenvalue weighted by Crippen LogP contribution is -2.20. The summed E-state index contributed by atoms with van der Waals surface area (Å²) < 4.78 is 2.65. The second-order valence-corrected chi connectivity index (χ2v) is 6.05. The van der Waals surface area contributed by atoms with Crippen LogP contribution in [0.5, 0.6) is 0 Å². The Hall–Kier alpha value is -2.98. The van der Waals surface area contributed by atoms with Crippen molar-refractivity contribution >= 4 is 40.7 Å². The first-order valence-corrected chi connectivity index (χ1v) is 7.96. The van der Waals surface area contributed by atoms with Crippen LogP contribution in [0.4, 0.5) is 11.6 Å². The van der Waals surface area contributed by atoms with Crippen LogP contribution in [0.1, 0.15) is 5.56 Å². The van der Waals surface area contributed by atoms with E-state index in [-0.39, 0.29) is 18.2 Å². The van der Waals surface area contributed by atoms with Crippen molar-refractivity contribution < 1.29 is 9.72 Å². The number of anilines is 1. The number of rotatable bonds is 6. The minimum atomic E-state index is -0.591. The minimum absolute atomic E-state index is 0.0988. The summed E-state index contributed by atoms with van der Waals surface area (Å²) in [5.74, 6) is -0.369. The van der Waals surface area contributed by atoms with Crippen LogP contribution in [0.3, 0.4) is 0 Å². The van der Waals surface area contributed by atoms with Crippen LogP contribution < -0.4 is 5.32 Å². The second-order valence-electron chi connectivity index (χ2n) is 5.20. The molecule has 12 heteroatoms. The van der Waals surface area contributed by atoms with E-state index in [0.717, 1.165) is 22.6 Å². The van der Waals surface area contributed by atoms with Gasteiger partial charge in [-0.15, -0.1) is 5.10 Å². The maximum atomic E-state index is 12.0. The van der Waals surface area contributed by atoms with Gasteiger partial charge in [0, 0.05) is 10.0 Å². The fourth-order valence-electron chi connectivity index (χ4n) is 2.10. The molecule has 0 radical (unpaired) electrons. The number of hydrogen-bond acceptors (Lipinski definition) is 6. The Morgan fingerprint density at radius 2 is 2.12 bits per heavy atom. The lowest BCUT2D eigenvalue weighted by molar-refractivity contribution is -0.385. The predicted octanol–water partition coefficient (Wildman–Crippen LogP) is 2.38. The van der Waals surface area contributed by atoms with Crippen molar-refractivity contribution in [1.82, 2.24) is 24.5 Å². The van der Waals surface area contributed by atoms with Crippen molar-refractivity contribution in [2.24, 2.45) is 0 Å². The number of carbonyl (C=O) groups is 1. The number of hydrogen-bond donors (Lipinski definition) is 1. The van der Waals surface area contributed by atoms with Crippen LogP contribution in [-0.4, -0.2) is 35.4 Å².